The van der Waals surface area contributed by atoms with Crippen molar-refractivity contribution in [1.29, 1.82) is 0 Å². The van der Waals surface area contributed by atoms with E-state index >= 15 is 0 Å². The first-order chi connectivity index (χ1) is 9.95. The molecule has 1 aliphatic rings. The number of carbonyl (C=O) groups excluding carboxylic acids is 2. The summed E-state index contributed by atoms with van der Waals surface area (Å²) in [5, 5.41) is 12.1. The SMILES string of the molecule is CCOC(=O)C1=C(C)N(C)C(=O)N[C@H]1c1ccc(O)cc1. The Bertz CT molecular complexity index is 592. The van der Waals surface area contributed by atoms with Crippen LogP contribution < -0.4 is 5.32 Å². The summed E-state index contributed by atoms with van der Waals surface area (Å²) in [5.74, 6) is -0.337. The van der Waals surface area contributed by atoms with Crippen molar-refractivity contribution in [3.63, 3.8) is 0 Å². The Morgan fingerprint density at radius 3 is 2.57 bits per heavy atom. The van der Waals surface area contributed by atoms with Gasteiger partial charge in [-0.2, -0.15) is 0 Å². The Hall–Kier alpha value is -2.50. The van der Waals surface area contributed by atoms with E-state index < -0.39 is 12.0 Å². The van der Waals surface area contributed by atoms with Gasteiger partial charge >= 0.3 is 12.0 Å². The average molecular weight is 290 g/mol. The molecular weight excluding hydrogens is 272 g/mol. The second-order valence-corrected chi connectivity index (χ2v) is 4.75. The number of urea groups is 1. The van der Waals surface area contributed by atoms with Crippen LogP contribution in [0.4, 0.5) is 4.79 Å². The highest BCUT2D eigenvalue weighted by molar-refractivity contribution is 5.94. The molecular formula is C15H18N2O4. The highest BCUT2D eigenvalue weighted by Crippen LogP contribution is 2.31. The molecule has 0 aliphatic carbocycles. The maximum atomic E-state index is 12.2. The van der Waals surface area contributed by atoms with Gasteiger partial charge in [0.2, 0.25) is 0 Å². The third kappa shape index (κ3) is 2.84. The van der Waals surface area contributed by atoms with Gasteiger partial charge in [0.05, 0.1) is 18.2 Å². The van der Waals surface area contributed by atoms with Crippen molar-refractivity contribution in [1.82, 2.24) is 10.2 Å². The Morgan fingerprint density at radius 2 is 2.00 bits per heavy atom. The molecule has 6 nitrogen and oxygen atoms in total. The molecule has 1 atom stereocenters. The number of esters is 1. The van der Waals surface area contributed by atoms with E-state index in [1.165, 1.54) is 17.0 Å². The maximum absolute atomic E-state index is 12.2. The fourth-order valence-electron chi connectivity index (χ4n) is 2.23. The molecule has 0 radical (unpaired) electrons. The van der Waals surface area contributed by atoms with E-state index in [-0.39, 0.29) is 18.4 Å². The van der Waals surface area contributed by atoms with E-state index in [2.05, 4.69) is 5.32 Å². The van der Waals surface area contributed by atoms with E-state index in [4.69, 9.17) is 4.74 Å². The van der Waals surface area contributed by atoms with Crippen molar-refractivity contribution in [2.75, 3.05) is 13.7 Å². The lowest BCUT2D eigenvalue weighted by Crippen LogP contribution is -2.46. The summed E-state index contributed by atoms with van der Waals surface area (Å²) in [4.78, 5) is 25.5. The normalized spacial score (nSPS) is 18.5. The number of hydrogen-bond donors (Lipinski definition) is 2. The van der Waals surface area contributed by atoms with Gasteiger partial charge in [0.1, 0.15) is 5.75 Å². The number of rotatable bonds is 3. The minimum absolute atomic E-state index is 0.122. The molecule has 1 heterocycles. The van der Waals surface area contributed by atoms with E-state index in [0.717, 1.165) is 0 Å². The van der Waals surface area contributed by atoms with Crippen LogP contribution in [0.5, 0.6) is 5.75 Å². The van der Waals surface area contributed by atoms with Crippen LogP contribution >= 0.6 is 0 Å². The summed E-state index contributed by atoms with van der Waals surface area (Å²) in [6.45, 7) is 3.70. The molecule has 0 unspecified atom stereocenters. The van der Waals surface area contributed by atoms with Crippen LogP contribution in [-0.4, -0.2) is 35.7 Å². The van der Waals surface area contributed by atoms with Crippen LogP contribution in [0.3, 0.4) is 0 Å². The molecule has 2 rings (SSSR count). The maximum Gasteiger partial charge on any atom is 0.338 e. The molecule has 0 saturated carbocycles. The first-order valence-corrected chi connectivity index (χ1v) is 6.66. The van der Waals surface area contributed by atoms with Gasteiger partial charge in [-0.3, -0.25) is 0 Å². The zero-order valence-corrected chi connectivity index (χ0v) is 12.2. The molecule has 0 bridgehead atoms. The molecule has 112 valence electrons. The number of nitrogens with zero attached hydrogens (tertiary/aromatic N) is 1. The zero-order chi connectivity index (χ0) is 15.6. The Balaban J connectivity index is 2.48. The van der Waals surface area contributed by atoms with Gasteiger partial charge in [0.25, 0.3) is 0 Å². The van der Waals surface area contributed by atoms with Gasteiger partial charge < -0.3 is 20.1 Å². The highest BCUT2D eigenvalue weighted by Gasteiger charge is 2.34. The number of nitrogens with one attached hydrogen (secondary N) is 1. The lowest BCUT2D eigenvalue weighted by atomic mass is 9.95. The smallest absolute Gasteiger partial charge is 0.338 e. The quantitative estimate of drug-likeness (QED) is 0.834. The van der Waals surface area contributed by atoms with Gasteiger partial charge in [-0.15, -0.1) is 0 Å². The molecule has 2 amide bonds. The van der Waals surface area contributed by atoms with Gasteiger partial charge in [-0.05, 0) is 31.5 Å². The topological polar surface area (TPSA) is 78.9 Å². The lowest BCUT2D eigenvalue weighted by molar-refractivity contribution is -0.139. The predicted octanol–water partition coefficient (Wildman–Crippen LogP) is 1.93. The van der Waals surface area contributed by atoms with Crippen LogP contribution in [-0.2, 0) is 9.53 Å². The second-order valence-electron chi connectivity index (χ2n) is 4.75. The monoisotopic (exact) mass is 290 g/mol. The summed E-state index contributed by atoms with van der Waals surface area (Å²) >= 11 is 0. The van der Waals surface area contributed by atoms with Crippen molar-refractivity contribution >= 4 is 12.0 Å². The van der Waals surface area contributed by atoms with Gasteiger partial charge in [-0.1, -0.05) is 12.1 Å². The number of carbonyl (C=O) groups is 2. The van der Waals surface area contributed by atoms with Crippen molar-refractivity contribution < 1.29 is 19.4 Å². The van der Waals surface area contributed by atoms with Crippen LogP contribution in [0.15, 0.2) is 35.5 Å². The van der Waals surface area contributed by atoms with Crippen molar-refractivity contribution in [2.45, 2.75) is 19.9 Å². The lowest BCUT2D eigenvalue weighted by Gasteiger charge is -2.33. The third-order valence-electron chi connectivity index (χ3n) is 3.48. The van der Waals surface area contributed by atoms with Gasteiger partial charge in [0.15, 0.2) is 0 Å². The standard InChI is InChI=1S/C15H18N2O4/c1-4-21-14(19)12-9(2)17(3)15(20)16-13(12)10-5-7-11(18)8-6-10/h5-8,13,18H,4H2,1-3H3,(H,16,20)/t13-/m0/s1. The van der Waals surface area contributed by atoms with E-state index in [1.807, 2.05) is 0 Å². The summed E-state index contributed by atoms with van der Waals surface area (Å²) in [5.41, 5.74) is 1.65. The third-order valence-corrected chi connectivity index (χ3v) is 3.48. The van der Waals surface area contributed by atoms with Crippen molar-refractivity contribution in [3.8, 4) is 5.75 Å². The molecule has 1 aromatic rings. The highest BCUT2D eigenvalue weighted by atomic mass is 16.5. The fraction of sp³-hybridized carbons (Fsp3) is 0.333. The summed E-state index contributed by atoms with van der Waals surface area (Å²) in [6.07, 6.45) is 0. The largest absolute Gasteiger partial charge is 0.508 e. The number of ether oxygens (including phenoxy) is 1. The minimum Gasteiger partial charge on any atom is -0.508 e. The van der Waals surface area contributed by atoms with Crippen LogP contribution in [0, 0.1) is 0 Å². The first kappa shape index (κ1) is 14.9. The molecule has 0 fully saturated rings. The number of allylic oxidation sites excluding steroid dienone is 1. The minimum atomic E-state index is -0.589. The molecule has 21 heavy (non-hydrogen) atoms. The zero-order valence-electron chi connectivity index (χ0n) is 12.2. The first-order valence-electron chi connectivity index (χ1n) is 6.66. The molecule has 1 aromatic carbocycles. The Morgan fingerprint density at radius 1 is 1.38 bits per heavy atom. The van der Waals surface area contributed by atoms with Gasteiger partial charge in [0, 0.05) is 12.7 Å². The Labute approximate surface area is 123 Å². The van der Waals surface area contributed by atoms with Crippen LogP contribution in [0.25, 0.3) is 0 Å². The molecule has 6 heteroatoms. The van der Waals surface area contributed by atoms with Crippen molar-refractivity contribution in [3.05, 3.63) is 41.1 Å². The fourth-order valence-corrected chi connectivity index (χ4v) is 2.23. The average Bonchev–Trinajstić information content (AvgIpc) is 2.45. The summed E-state index contributed by atoms with van der Waals surface area (Å²) < 4.78 is 5.09. The van der Waals surface area contributed by atoms with E-state index in [9.17, 15) is 14.7 Å². The number of hydrogen-bond acceptors (Lipinski definition) is 4. The Kier molecular flexibility index (Phi) is 4.16. The molecule has 0 saturated heterocycles. The molecule has 0 spiro atoms. The van der Waals surface area contributed by atoms with E-state index in [1.54, 1.807) is 33.0 Å². The molecule has 1 aliphatic heterocycles. The second kappa shape index (κ2) is 5.87. The number of phenolic OH excluding ortho intramolecular Hbond substituents is 1. The van der Waals surface area contributed by atoms with Crippen LogP contribution in [0.2, 0.25) is 0 Å². The number of amides is 2. The number of phenols is 1. The van der Waals surface area contributed by atoms with Gasteiger partial charge in [-0.25, -0.2) is 9.59 Å². The van der Waals surface area contributed by atoms with Crippen LogP contribution in [0.1, 0.15) is 25.5 Å². The molecule has 2 N–H and O–H groups in total. The number of aromatic hydroxyl groups is 1. The number of benzene rings is 1. The summed E-state index contributed by atoms with van der Waals surface area (Å²) in [6, 6.07) is 5.47. The van der Waals surface area contributed by atoms with Crippen molar-refractivity contribution in [2.24, 2.45) is 0 Å². The summed E-state index contributed by atoms with van der Waals surface area (Å²) in [7, 11) is 1.59. The van der Waals surface area contributed by atoms with E-state index in [0.29, 0.717) is 16.8 Å². The predicted molar refractivity (Wildman–Crippen MR) is 76.5 cm³/mol. The molecule has 0 aromatic heterocycles.